The van der Waals surface area contributed by atoms with Gasteiger partial charge in [-0.25, -0.2) is 0 Å². The van der Waals surface area contributed by atoms with Crippen molar-refractivity contribution in [2.24, 2.45) is 5.73 Å². The fourth-order valence-corrected chi connectivity index (χ4v) is 1.78. The second kappa shape index (κ2) is 5.40. The molecular weight excluding hydrogens is 228 g/mol. The van der Waals surface area contributed by atoms with Gasteiger partial charge < -0.3 is 15.8 Å². The van der Waals surface area contributed by atoms with E-state index in [0.29, 0.717) is 11.8 Å². The van der Waals surface area contributed by atoms with Crippen LogP contribution in [0.25, 0.3) is 0 Å². The van der Waals surface area contributed by atoms with Crippen LogP contribution in [0.3, 0.4) is 0 Å². The largest absolute Gasteiger partial charge is 0.483 e. The maximum Gasteiger partial charge on any atom is 0.258 e. The van der Waals surface area contributed by atoms with Gasteiger partial charge >= 0.3 is 0 Å². The van der Waals surface area contributed by atoms with Gasteiger partial charge in [-0.1, -0.05) is 12.1 Å². The molecule has 3 N–H and O–H groups in total. The molecule has 2 rings (SSSR count). The molecule has 0 unspecified atom stereocenters. The molecule has 1 aliphatic rings. The highest BCUT2D eigenvalue weighted by Gasteiger charge is 2.23. The van der Waals surface area contributed by atoms with E-state index in [0.717, 1.165) is 24.0 Å². The maximum atomic E-state index is 11.6. The highest BCUT2D eigenvalue weighted by molar-refractivity contribution is 5.78. The lowest BCUT2D eigenvalue weighted by Crippen LogP contribution is -2.30. The van der Waals surface area contributed by atoms with Gasteiger partial charge in [0.2, 0.25) is 0 Å². The Hall–Kier alpha value is -1.55. The van der Waals surface area contributed by atoms with Gasteiger partial charge in [0.05, 0.1) is 0 Å². The number of rotatable bonds is 5. The van der Waals surface area contributed by atoms with Crippen molar-refractivity contribution in [1.82, 2.24) is 5.32 Å². The van der Waals surface area contributed by atoms with Gasteiger partial charge in [0.1, 0.15) is 5.75 Å². The predicted octanol–water partition coefficient (Wildman–Crippen LogP) is 1.67. The molecule has 1 amide bonds. The minimum absolute atomic E-state index is 0.0552. The number of nitrogens with one attached hydrogen (secondary N) is 1. The van der Waals surface area contributed by atoms with Crippen LogP contribution in [0.5, 0.6) is 5.75 Å². The first kappa shape index (κ1) is 12.9. The minimum Gasteiger partial charge on any atom is -0.483 e. The quantitative estimate of drug-likeness (QED) is 0.833. The summed E-state index contributed by atoms with van der Waals surface area (Å²) in [5, 5.41) is 2.89. The van der Waals surface area contributed by atoms with Gasteiger partial charge in [-0.05, 0) is 38.3 Å². The summed E-state index contributed by atoms with van der Waals surface area (Å²) in [5.74, 6) is 0.644. The van der Waals surface area contributed by atoms with Crippen LogP contribution in [-0.4, -0.2) is 18.6 Å². The Bertz CT molecular complexity index is 439. The van der Waals surface area contributed by atoms with E-state index in [4.69, 9.17) is 10.5 Å². The molecule has 18 heavy (non-hydrogen) atoms. The van der Waals surface area contributed by atoms with Crippen LogP contribution in [0.4, 0.5) is 0 Å². The van der Waals surface area contributed by atoms with E-state index in [1.165, 1.54) is 0 Å². The zero-order chi connectivity index (χ0) is 13.1. The molecule has 4 nitrogen and oxygen atoms in total. The normalized spacial score (nSPS) is 16.2. The summed E-state index contributed by atoms with van der Waals surface area (Å²) in [6.07, 6.45) is 2.17. The van der Waals surface area contributed by atoms with E-state index < -0.39 is 0 Å². The molecule has 0 radical (unpaired) electrons. The van der Waals surface area contributed by atoms with Gasteiger partial charge in [0.15, 0.2) is 6.61 Å². The third-order valence-corrected chi connectivity index (χ3v) is 2.96. The molecule has 1 fully saturated rings. The molecule has 0 aromatic heterocycles. The molecule has 0 aliphatic heterocycles. The molecule has 1 aromatic rings. The predicted molar refractivity (Wildman–Crippen MR) is 70.4 cm³/mol. The fourth-order valence-electron chi connectivity index (χ4n) is 1.78. The molecule has 1 aliphatic carbocycles. The van der Waals surface area contributed by atoms with Crippen LogP contribution in [0, 0.1) is 6.92 Å². The third kappa shape index (κ3) is 3.47. The molecule has 0 heterocycles. The Morgan fingerprint density at radius 1 is 1.56 bits per heavy atom. The Labute approximate surface area is 108 Å². The second-order valence-corrected chi connectivity index (χ2v) is 4.96. The van der Waals surface area contributed by atoms with Gasteiger partial charge in [0.25, 0.3) is 5.91 Å². The highest BCUT2D eigenvalue weighted by Crippen LogP contribution is 2.25. The summed E-state index contributed by atoms with van der Waals surface area (Å²) in [5.41, 5.74) is 7.91. The van der Waals surface area contributed by atoms with E-state index >= 15 is 0 Å². The number of carbonyl (C=O) groups excluding carboxylic acids is 1. The Morgan fingerprint density at radius 2 is 2.28 bits per heavy atom. The molecule has 98 valence electrons. The molecule has 4 heteroatoms. The standard InChI is InChI=1S/C14H20N2O2/c1-9-3-6-12(10(2)15)13(7-9)18-8-14(17)16-11-4-5-11/h3,6-7,10-11H,4-5,8,15H2,1-2H3,(H,16,17)/t10-/m0/s1. The minimum atomic E-state index is -0.105. The van der Waals surface area contributed by atoms with Gasteiger partial charge in [-0.2, -0.15) is 0 Å². The molecular formula is C14H20N2O2. The summed E-state index contributed by atoms with van der Waals surface area (Å²) < 4.78 is 5.58. The van der Waals surface area contributed by atoms with E-state index in [1.807, 2.05) is 32.0 Å². The topological polar surface area (TPSA) is 64.3 Å². The Kier molecular flexibility index (Phi) is 3.87. The number of hydrogen-bond acceptors (Lipinski definition) is 3. The molecule has 1 atom stereocenters. The van der Waals surface area contributed by atoms with Crippen LogP contribution in [0.2, 0.25) is 0 Å². The number of benzene rings is 1. The lowest BCUT2D eigenvalue weighted by Gasteiger charge is -2.14. The highest BCUT2D eigenvalue weighted by atomic mass is 16.5. The molecule has 0 saturated heterocycles. The molecule has 1 saturated carbocycles. The van der Waals surface area contributed by atoms with Crippen LogP contribution >= 0.6 is 0 Å². The van der Waals surface area contributed by atoms with E-state index in [-0.39, 0.29) is 18.6 Å². The van der Waals surface area contributed by atoms with Gasteiger partial charge in [-0.15, -0.1) is 0 Å². The van der Waals surface area contributed by atoms with Crippen molar-refractivity contribution in [2.45, 2.75) is 38.8 Å². The number of aryl methyl sites for hydroxylation is 1. The molecule has 0 bridgehead atoms. The van der Waals surface area contributed by atoms with Crippen molar-refractivity contribution < 1.29 is 9.53 Å². The summed E-state index contributed by atoms with van der Waals surface area (Å²) in [6.45, 7) is 3.95. The first-order chi connectivity index (χ1) is 8.56. The van der Waals surface area contributed by atoms with Crippen LogP contribution < -0.4 is 15.8 Å². The number of amides is 1. The van der Waals surface area contributed by atoms with E-state index in [2.05, 4.69) is 5.32 Å². The molecule has 0 spiro atoms. The smallest absolute Gasteiger partial charge is 0.258 e. The Balaban J connectivity index is 1.98. The van der Waals surface area contributed by atoms with Crippen molar-refractivity contribution in [3.8, 4) is 5.75 Å². The lowest BCUT2D eigenvalue weighted by molar-refractivity contribution is -0.123. The van der Waals surface area contributed by atoms with Crippen LogP contribution in [0.1, 0.15) is 36.9 Å². The fraction of sp³-hybridized carbons (Fsp3) is 0.500. The van der Waals surface area contributed by atoms with Crippen molar-refractivity contribution >= 4 is 5.91 Å². The van der Waals surface area contributed by atoms with Gasteiger partial charge in [0, 0.05) is 17.6 Å². The third-order valence-electron chi connectivity index (χ3n) is 2.96. The average Bonchev–Trinajstić information content (AvgIpc) is 3.10. The average molecular weight is 248 g/mol. The van der Waals surface area contributed by atoms with Crippen molar-refractivity contribution in [1.29, 1.82) is 0 Å². The number of ether oxygens (including phenoxy) is 1. The second-order valence-electron chi connectivity index (χ2n) is 4.96. The monoisotopic (exact) mass is 248 g/mol. The zero-order valence-corrected chi connectivity index (χ0v) is 10.9. The maximum absolute atomic E-state index is 11.6. The summed E-state index contributed by atoms with van der Waals surface area (Å²) in [4.78, 5) is 11.6. The van der Waals surface area contributed by atoms with E-state index in [1.54, 1.807) is 0 Å². The first-order valence-electron chi connectivity index (χ1n) is 6.34. The number of nitrogens with two attached hydrogens (primary N) is 1. The van der Waals surface area contributed by atoms with Crippen LogP contribution in [-0.2, 0) is 4.79 Å². The van der Waals surface area contributed by atoms with Crippen molar-refractivity contribution in [3.63, 3.8) is 0 Å². The summed E-state index contributed by atoms with van der Waals surface area (Å²) in [6, 6.07) is 6.13. The SMILES string of the molecule is Cc1ccc([C@H](C)N)c(OCC(=O)NC2CC2)c1. The van der Waals surface area contributed by atoms with Gasteiger partial charge in [-0.3, -0.25) is 4.79 Å². The number of carbonyl (C=O) groups is 1. The molecule has 1 aromatic carbocycles. The number of hydrogen-bond donors (Lipinski definition) is 2. The van der Waals surface area contributed by atoms with Crippen LogP contribution in [0.15, 0.2) is 18.2 Å². The summed E-state index contributed by atoms with van der Waals surface area (Å²) in [7, 11) is 0. The van der Waals surface area contributed by atoms with Crippen molar-refractivity contribution in [3.05, 3.63) is 29.3 Å². The first-order valence-corrected chi connectivity index (χ1v) is 6.34. The Morgan fingerprint density at radius 3 is 2.89 bits per heavy atom. The van der Waals surface area contributed by atoms with E-state index in [9.17, 15) is 4.79 Å². The lowest BCUT2D eigenvalue weighted by atomic mass is 10.1. The van der Waals surface area contributed by atoms with Crippen molar-refractivity contribution in [2.75, 3.05) is 6.61 Å². The zero-order valence-electron chi connectivity index (χ0n) is 10.9. The summed E-state index contributed by atoms with van der Waals surface area (Å²) >= 11 is 0.